The first-order valence-corrected chi connectivity index (χ1v) is 16.2. The van der Waals surface area contributed by atoms with Crippen molar-refractivity contribution in [1.29, 1.82) is 0 Å². The zero-order valence-corrected chi connectivity index (χ0v) is 26.7. The van der Waals surface area contributed by atoms with Crippen LogP contribution in [-0.2, 0) is 5.41 Å². The smallest absolute Gasteiger partial charge is 0.141 e. The molecule has 0 amide bonds. The Morgan fingerprint density at radius 2 is 1.33 bits per heavy atom. The Labute approximate surface area is 279 Å². The Balaban J connectivity index is 1.23. The number of rotatable bonds is 5. The lowest BCUT2D eigenvalue weighted by molar-refractivity contribution is 0.483. The minimum atomic E-state index is -0.319. The van der Waals surface area contributed by atoms with Gasteiger partial charge in [-0.1, -0.05) is 80.6 Å². The minimum absolute atomic E-state index is 0.319. The standard InChI is InChI=1S/C43H32N4O/c1-43(2)35-20-12-26-45-42(35)47(31-16-11-18-33(28-31)48-32-17-10-13-29(27-32)36-21-8-9-25-44-36)39-24-23-38-40(41(39)43)34-19-6-7-22-37(34)46(38)30-14-4-3-5-15-30/h3-28H,1-2H3. The van der Waals surface area contributed by atoms with E-state index < -0.39 is 0 Å². The Morgan fingerprint density at radius 1 is 0.583 bits per heavy atom. The molecule has 0 radical (unpaired) electrons. The molecule has 0 aliphatic carbocycles. The van der Waals surface area contributed by atoms with Crippen LogP contribution in [0.25, 0.3) is 38.8 Å². The van der Waals surface area contributed by atoms with Gasteiger partial charge in [0.2, 0.25) is 0 Å². The molecule has 0 unspecified atom stereocenters. The molecule has 5 nitrogen and oxygen atoms in total. The first-order valence-electron chi connectivity index (χ1n) is 16.2. The number of para-hydroxylation sites is 2. The summed E-state index contributed by atoms with van der Waals surface area (Å²) >= 11 is 0. The van der Waals surface area contributed by atoms with Gasteiger partial charge in [-0.3, -0.25) is 9.88 Å². The Bertz CT molecular complexity index is 2470. The van der Waals surface area contributed by atoms with E-state index in [9.17, 15) is 0 Å². The van der Waals surface area contributed by atoms with Crippen LogP contribution in [0.2, 0.25) is 0 Å². The Morgan fingerprint density at radius 3 is 2.19 bits per heavy atom. The van der Waals surface area contributed by atoms with Crippen LogP contribution in [0.5, 0.6) is 11.5 Å². The summed E-state index contributed by atoms with van der Waals surface area (Å²) in [5, 5.41) is 2.49. The predicted molar refractivity (Wildman–Crippen MR) is 195 cm³/mol. The Hall–Kier alpha value is -6.20. The average molecular weight is 621 g/mol. The molecule has 0 bridgehead atoms. The van der Waals surface area contributed by atoms with E-state index in [4.69, 9.17) is 9.72 Å². The van der Waals surface area contributed by atoms with Crippen molar-refractivity contribution in [1.82, 2.24) is 14.5 Å². The van der Waals surface area contributed by atoms with Crippen molar-refractivity contribution in [2.75, 3.05) is 4.90 Å². The van der Waals surface area contributed by atoms with Crippen molar-refractivity contribution in [2.24, 2.45) is 0 Å². The summed E-state index contributed by atoms with van der Waals surface area (Å²) in [6.45, 7) is 4.65. The molecule has 1 aliphatic rings. The van der Waals surface area contributed by atoms with Gasteiger partial charge in [0.25, 0.3) is 0 Å². The van der Waals surface area contributed by atoms with Crippen LogP contribution in [0, 0.1) is 0 Å². The third-order valence-electron chi connectivity index (χ3n) is 9.47. The van der Waals surface area contributed by atoms with Gasteiger partial charge in [-0.2, -0.15) is 0 Å². The summed E-state index contributed by atoms with van der Waals surface area (Å²) in [5.41, 5.74) is 9.67. The molecule has 5 heteroatoms. The van der Waals surface area contributed by atoms with Crippen molar-refractivity contribution < 1.29 is 4.74 Å². The molecule has 0 atom stereocenters. The van der Waals surface area contributed by atoms with Gasteiger partial charge in [-0.25, -0.2) is 4.98 Å². The summed E-state index contributed by atoms with van der Waals surface area (Å²) in [6.07, 6.45) is 3.69. The minimum Gasteiger partial charge on any atom is -0.457 e. The first-order chi connectivity index (χ1) is 23.6. The molecular formula is C43H32N4O. The highest BCUT2D eigenvalue weighted by atomic mass is 16.5. The van der Waals surface area contributed by atoms with E-state index in [2.05, 4.69) is 125 Å². The van der Waals surface area contributed by atoms with E-state index in [-0.39, 0.29) is 5.41 Å². The predicted octanol–water partition coefficient (Wildman–Crippen LogP) is 11.1. The fourth-order valence-corrected chi connectivity index (χ4v) is 7.37. The van der Waals surface area contributed by atoms with Gasteiger partial charge in [0.15, 0.2) is 0 Å². The number of aromatic nitrogens is 3. The molecule has 9 rings (SSSR count). The van der Waals surface area contributed by atoms with Gasteiger partial charge in [0, 0.05) is 51.5 Å². The van der Waals surface area contributed by atoms with Crippen LogP contribution in [0.15, 0.2) is 158 Å². The average Bonchev–Trinajstić information content (AvgIpc) is 3.47. The molecule has 5 aromatic carbocycles. The van der Waals surface area contributed by atoms with Gasteiger partial charge in [-0.05, 0) is 78.4 Å². The van der Waals surface area contributed by atoms with Gasteiger partial charge in [0.1, 0.15) is 17.3 Å². The maximum absolute atomic E-state index is 6.49. The summed E-state index contributed by atoms with van der Waals surface area (Å²) in [6, 6.07) is 50.5. The van der Waals surface area contributed by atoms with E-state index >= 15 is 0 Å². The SMILES string of the molecule is CC1(C)c2cccnc2N(c2cccc(Oc3cccc(-c4ccccn4)c3)c2)c2ccc3c(c21)c1ccccc1n3-c1ccccc1. The van der Waals surface area contributed by atoms with Crippen molar-refractivity contribution in [3.8, 4) is 28.4 Å². The molecule has 0 N–H and O–H groups in total. The maximum Gasteiger partial charge on any atom is 0.141 e. The second-order valence-corrected chi connectivity index (χ2v) is 12.7. The number of benzene rings is 5. The monoisotopic (exact) mass is 620 g/mol. The van der Waals surface area contributed by atoms with E-state index in [1.807, 2.05) is 60.9 Å². The van der Waals surface area contributed by atoms with Crippen LogP contribution in [-0.4, -0.2) is 14.5 Å². The zero-order chi connectivity index (χ0) is 32.2. The van der Waals surface area contributed by atoms with Gasteiger partial charge in [0.05, 0.1) is 28.1 Å². The second-order valence-electron chi connectivity index (χ2n) is 12.7. The number of ether oxygens (including phenoxy) is 1. The van der Waals surface area contributed by atoms with E-state index in [1.165, 1.54) is 32.9 Å². The molecule has 4 heterocycles. The van der Waals surface area contributed by atoms with Crippen LogP contribution >= 0.6 is 0 Å². The number of hydrogen-bond donors (Lipinski definition) is 0. The number of nitrogens with zero attached hydrogens (tertiary/aromatic N) is 4. The molecule has 0 fully saturated rings. The van der Waals surface area contributed by atoms with Crippen molar-refractivity contribution in [2.45, 2.75) is 19.3 Å². The largest absolute Gasteiger partial charge is 0.457 e. The Kier molecular flexibility index (Phi) is 6.40. The van der Waals surface area contributed by atoms with E-state index in [0.29, 0.717) is 0 Å². The van der Waals surface area contributed by atoms with Crippen molar-refractivity contribution in [3.63, 3.8) is 0 Å². The molecule has 8 aromatic rings. The number of hydrogen-bond acceptors (Lipinski definition) is 4. The highest BCUT2D eigenvalue weighted by molar-refractivity contribution is 6.14. The summed E-state index contributed by atoms with van der Waals surface area (Å²) < 4.78 is 8.88. The molecule has 0 spiro atoms. The quantitative estimate of drug-likeness (QED) is 0.192. The van der Waals surface area contributed by atoms with Gasteiger partial charge in [-0.15, -0.1) is 0 Å². The molecule has 0 saturated heterocycles. The van der Waals surface area contributed by atoms with Crippen LogP contribution in [0.1, 0.15) is 25.0 Å². The van der Waals surface area contributed by atoms with Crippen LogP contribution < -0.4 is 9.64 Å². The highest BCUT2D eigenvalue weighted by Gasteiger charge is 2.40. The molecular weight excluding hydrogens is 589 g/mol. The third-order valence-corrected chi connectivity index (χ3v) is 9.47. The number of pyridine rings is 2. The van der Waals surface area contributed by atoms with Crippen molar-refractivity contribution >= 4 is 39.0 Å². The highest BCUT2D eigenvalue weighted by Crippen LogP contribution is 2.55. The zero-order valence-electron chi connectivity index (χ0n) is 26.7. The lowest BCUT2D eigenvalue weighted by Crippen LogP contribution is -2.31. The van der Waals surface area contributed by atoms with Crippen LogP contribution in [0.3, 0.4) is 0 Å². The first kappa shape index (κ1) is 28.1. The fraction of sp³-hybridized carbons (Fsp3) is 0.0698. The van der Waals surface area contributed by atoms with Crippen LogP contribution in [0.4, 0.5) is 17.2 Å². The van der Waals surface area contributed by atoms with Gasteiger partial charge >= 0.3 is 0 Å². The molecule has 1 aliphatic heterocycles. The maximum atomic E-state index is 6.49. The van der Waals surface area contributed by atoms with E-state index in [1.54, 1.807) is 0 Å². The molecule has 48 heavy (non-hydrogen) atoms. The summed E-state index contributed by atoms with van der Waals surface area (Å²) in [7, 11) is 0. The summed E-state index contributed by atoms with van der Waals surface area (Å²) in [5.74, 6) is 2.43. The second kappa shape index (κ2) is 11.0. The lowest BCUT2D eigenvalue weighted by atomic mass is 9.73. The third kappa shape index (κ3) is 4.39. The molecule has 3 aromatic heterocycles. The summed E-state index contributed by atoms with van der Waals surface area (Å²) in [4.78, 5) is 11.8. The van der Waals surface area contributed by atoms with Gasteiger partial charge < -0.3 is 9.30 Å². The molecule has 0 saturated carbocycles. The molecule has 230 valence electrons. The van der Waals surface area contributed by atoms with E-state index in [0.717, 1.165) is 45.6 Å². The number of fused-ring (bicyclic) bond motifs is 6. The number of anilines is 3. The topological polar surface area (TPSA) is 43.2 Å². The lowest BCUT2D eigenvalue weighted by Gasteiger charge is -2.41. The fourth-order valence-electron chi connectivity index (χ4n) is 7.37. The van der Waals surface area contributed by atoms with Crippen molar-refractivity contribution in [3.05, 3.63) is 169 Å². The normalized spacial score (nSPS) is 13.3.